The van der Waals surface area contributed by atoms with Crippen molar-refractivity contribution in [2.75, 3.05) is 51.2 Å². The first kappa shape index (κ1) is 21.3. The van der Waals surface area contributed by atoms with Crippen LogP contribution < -0.4 is 10.2 Å². The van der Waals surface area contributed by atoms with Crippen LogP contribution >= 0.6 is 0 Å². The molecule has 31 heavy (non-hydrogen) atoms. The number of nitrogens with one attached hydrogen (secondary N) is 1. The number of rotatable bonds is 5. The van der Waals surface area contributed by atoms with Gasteiger partial charge < -0.3 is 20.0 Å². The van der Waals surface area contributed by atoms with E-state index in [9.17, 15) is 9.59 Å². The lowest BCUT2D eigenvalue weighted by Gasteiger charge is -2.33. The van der Waals surface area contributed by atoms with Gasteiger partial charge in [0.25, 0.3) is 0 Å². The molecule has 2 fully saturated rings. The molecule has 2 aliphatic rings. The number of aromatic nitrogens is 1. The molecule has 0 radical (unpaired) electrons. The molecule has 3 heterocycles. The molecule has 0 unspecified atom stereocenters. The molecule has 4 rings (SSSR count). The number of piperazine rings is 1. The summed E-state index contributed by atoms with van der Waals surface area (Å²) in [6.07, 6.45) is 3.24. The molecule has 2 saturated heterocycles. The number of amides is 2. The predicted molar refractivity (Wildman–Crippen MR) is 121 cm³/mol. The Bertz CT molecular complexity index is 888. The summed E-state index contributed by atoms with van der Waals surface area (Å²) in [6, 6.07) is 13.4. The largest absolute Gasteiger partial charge is 0.354 e. The lowest BCUT2D eigenvalue weighted by molar-refractivity contribution is 0.0854. The van der Waals surface area contributed by atoms with Crippen LogP contribution in [0.5, 0.6) is 0 Å². The van der Waals surface area contributed by atoms with Crippen molar-refractivity contribution in [1.29, 1.82) is 0 Å². The third-order valence-corrected chi connectivity index (χ3v) is 6.29. The highest BCUT2D eigenvalue weighted by molar-refractivity contribution is 5.98. The molecule has 2 aliphatic heterocycles. The van der Waals surface area contributed by atoms with Gasteiger partial charge in [-0.2, -0.15) is 0 Å². The summed E-state index contributed by atoms with van der Waals surface area (Å²) in [7, 11) is 2.14. The van der Waals surface area contributed by atoms with E-state index in [1.54, 1.807) is 0 Å². The van der Waals surface area contributed by atoms with Crippen LogP contribution in [0.25, 0.3) is 0 Å². The van der Waals surface area contributed by atoms with Crippen molar-refractivity contribution in [2.45, 2.75) is 19.4 Å². The fourth-order valence-electron chi connectivity index (χ4n) is 4.25. The SMILES string of the molecule is CN1CCN(c2cc(CNC(=O)N3CCC(C(=O)c4ccccc4)CC3)ccn2)CC1. The molecule has 1 N–H and O–H groups in total. The summed E-state index contributed by atoms with van der Waals surface area (Å²) in [6.45, 7) is 5.70. The van der Waals surface area contributed by atoms with Gasteiger partial charge in [-0.05, 0) is 37.6 Å². The van der Waals surface area contributed by atoms with E-state index in [1.165, 1.54) is 0 Å². The molecular formula is C24H31N5O2. The molecule has 2 amide bonds. The minimum Gasteiger partial charge on any atom is -0.354 e. The summed E-state index contributed by atoms with van der Waals surface area (Å²) >= 11 is 0. The zero-order valence-electron chi connectivity index (χ0n) is 18.2. The highest BCUT2D eigenvalue weighted by Crippen LogP contribution is 2.22. The van der Waals surface area contributed by atoms with E-state index in [0.29, 0.717) is 32.5 Å². The summed E-state index contributed by atoms with van der Waals surface area (Å²) in [4.78, 5) is 36.2. The number of piperidine rings is 1. The normalized spacial score (nSPS) is 18.1. The maximum atomic E-state index is 12.6. The number of likely N-dealkylation sites (tertiary alicyclic amines) is 1. The fraction of sp³-hybridized carbons (Fsp3) is 0.458. The molecule has 0 saturated carbocycles. The summed E-state index contributed by atoms with van der Waals surface area (Å²) in [5, 5.41) is 3.03. The van der Waals surface area contributed by atoms with Gasteiger partial charge in [0.2, 0.25) is 0 Å². The van der Waals surface area contributed by atoms with Crippen molar-refractivity contribution < 1.29 is 9.59 Å². The van der Waals surface area contributed by atoms with E-state index in [0.717, 1.165) is 43.1 Å². The molecule has 0 spiro atoms. The van der Waals surface area contributed by atoms with Crippen molar-refractivity contribution in [3.8, 4) is 0 Å². The number of carbonyl (C=O) groups is 2. The Morgan fingerprint density at radius 1 is 1.00 bits per heavy atom. The average molecular weight is 422 g/mol. The maximum absolute atomic E-state index is 12.6. The summed E-state index contributed by atoms with van der Waals surface area (Å²) < 4.78 is 0. The maximum Gasteiger partial charge on any atom is 0.317 e. The molecule has 0 bridgehead atoms. The Labute approximate surface area is 184 Å². The number of hydrogen-bond acceptors (Lipinski definition) is 5. The Morgan fingerprint density at radius 3 is 2.42 bits per heavy atom. The zero-order valence-corrected chi connectivity index (χ0v) is 18.2. The first-order chi connectivity index (χ1) is 15.1. The Morgan fingerprint density at radius 2 is 1.71 bits per heavy atom. The van der Waals surface area contributed by atoms with Crippen molar-refractivity contribution in [1.82, 2.24) is 20.1 Å². The van der Waals surface area contributed by atoms with Gasteiger partial charge in [-0.25, -0.2) is 9.78 Å². The minimum absolute atomic E-state index is 0.00204. The third kappa shape index (κ3) is 5.41. The van der Waals surface area contributed by atoms with Crippen molar-refractivity contribution in [2.24, 2.45) is 5.92 Å². The van der Waals surface area contributed by atoms with E-state index in [2.05, 4.69) is 33.2 Å². The van der Waals surface area contributed by atoms with Crippen LogP contribution in [-0.2, 0) is 6.54 Å². The second kappa shape index (κ2) is 9.92. The Balaban J connectivity index is 1.25. The van der Waals surface area contributed by atoms with E-state index < -0.39 is 0 Å². The van der Waals surface area contributed by atoms with Crippen LogP contribution in [0.1, 0.15) is 28.8 Å². The molecule has 7 nitrogen and oxygen atoms in total. The van der Waals surface area contributed by atoms with Gasteiger partial charge in [0.1, 0.15) is 5.82 Å². The van der Waals surface area contributed by atoms with Crippen LogP contribution in [-0.4, -0.2) is 72.9 Å². The first-order valence-corrected chi connectivity index (χ1v) is 11.1. The molecule has 7 heteroatoms. The van der Waals surface area contributed by atoms with E-state index in [-0.39, 0.29) is 17.7 Å². The summed E-state index contributed by atoms with van der Waals surface area (Å²) in [5.74, 6) is 1.16. The van der Waals surface area contributed by atoms with Gasteiger partial charge in [-0.3, -0.25) is 4.79 Å². The monoisotopic (exact) mass is 421 g/mol. The number of Topliss-reactive ketones (excluding diaryl/α,β-unsaturated/α-hetero) is 1. The van der Waals surface area contributed by atoms with Gasteiger partial charge in [0, 0.05) is 63.5 Å². The number of likely N-dealkylation sites (N-methyl/N-ethyl adjacent to an activating group) is 1. The first-order valence-electron chi connectivity index (χ1n) is 11.1. The number of benzene rings is 1. The van der Waals surface area contributed by atoms with Crippen molar-refractivity contribution >= 4 is 17.6 Å². The van der Waals surface area contributed by atoms with Crippen molar-refractivity contribution in [3.05, 3.63) is 59.8 Å². The van der Waals surface area contributed by atoms with Gasteiger partial charge in [0.15, 0.2) is 5.78 Å². The number of urea groups is 1. The van der Waals surface area contributed by atoms with Gasteiger partial charge in [0.05, 0.1) is 0 Å². The van der Waals surface area contributed by atoms with Crippen LogP contribution in [0.15, 0.2) is 48.7 Å². The second-order valence-corrected chi connectivity index (χ2v) is 8.46. The fourth-order valence-corrected chi connectivity index (χ4v) is 4.25. The number of ketones is 1. The molecule has 0 aliphatic carbocycles. The number of anilines is 1. The third-order valence-electron chi connectivity index (χ3n) is 6.29. The van der Waals surface area contributed by atoms with Crippen LogP contribution in [0.4, 0.5) is 10.6 Å². The van der Waals surface area contributed by atoms with E-state index >= 15 is 0 Å². The van der Waals surface area contributed by atoms with Crippen molar-refractivity contribution in [3.63, 3.8) is 0 Å². The molecule has 2 aromatic rings. The number of pyridine rings is 1. The number of nitrogens with zero attached hydrogens (tertiary/aromatic N) is 4. The number of hydrogen-bond donors (Lipinski definition) is 1. The quantitative estimate of drug-likeness (QED) is 0.752. The zero-order chi connectivity index (χ0) is 21.6. The van der Waals surface area contributed by atoms with E-state index in [1.807, 2.05) is 47.5 Å². The highest BCUT2D eigenvalue weighted by Gasteiger charge is 2.27. The molecule has 1 aromatic heterocycles. The lowest BCUT2D eigenvalue weighted by Crippen LogP contribution is -2.45. The van der Waals surface area contributed by atoms with Crippen LogP contribution in [0.3, 0.4) is 0 Å². The Kier molecular flexibility index (Phi) is 6.82. The second-order valence-electron chi connectivity index (χ2n) is 8.46. The van der Waals surface area contributed by atoms with Gasteiger partial charge in [-0.1, -0.05) is 30.3 Å². The molecular weight excluding hydrogens is 390 g/mol. The van der Waals surface area contributed by atoms with Crippen LogP contribution in [0, 0.1) is 5.92 Å². The van der Waals surface area contributed by atoms with E-state index in [4.69, 9.17) is 0 Å². The highest BCUT2D eigenvalue weighted by atomic mass is 16.2. The summed E-state index contributed by atoms with van der Waals surface area (Å²) in [5.41, 5.74) is 1.81. The minimum atomic E-state index is -0.0661. The molecule has 0 atom stereocenters. The molecule has 1 aromatic carbocycles. The number of carbonyl (C=O) groups excluding carboxylic acids is 2. The van der Waals surface area contributed by atoms with Crippen LogP contribution in [0.2, 0.25) is 0 Å². The smallest absolute Gasteiger partial charge is 0.317 e. The standard InChI is InChI=1S/C24H31N5O2/c1-27-13-15-28(16-14-27)22-17-19(7-10-25-22)18-26-24(31)29-11-8-21(9-12-29)23(30)20-5-3-2-4-6-20/h2-7,10,17,21H,8-9,11-16,18H2,1H3,(H,26,31). The lowest BCUT2D eigenvalue weighted by atomic mass is 9.89. The molecule has 164 valence electrons. The topological polar surface area (TPSA) is 68.8 Å². The Hall–Kier alpha value is -2.93. The predicted octanol–water partition coefficient (Wildman–Crippen LogP) is 2.64. The average Bonchev–Trinajstić information content (AvgIpc) is 2.83. The van der Waals surface area contributed by atoms with Gasteiger partial charge in [-0.15, -0.1) is 0 Å². The van der Waals surface area contributed by atoms with Gasteiger partial charge >= 0.3 is 6.03 Å².